The Morgan fingerprint density at radius 1 is 1.08 bits per heavy atom. The van der Waals surface area contributed by atoms with Crippen molar-refractivity contribution in [3.8, 4) is 15.8 Å². The molecule has 26 heavy (non-hydrogen) atoms. The normalized spacial score (nSPS) is 37.8. The maximum absolute atomic E-state index is 6.50. The Labute approximate surface area is 159 Å². The maximum atomic E-state index is 6.50. The zero-order valence-electron chi connectivity index (χ0n) is 15.7. The molecule has 5 heteroatoms. The number of quaternary nitrogens is 1. The monoisotopic (exact) mass is 370 g/mol. The Hall–Kier alpha value is -1.46. The van der Waals surface area contributed by atoms with Gasteiger partial charge >= 0.3 is 0 Å². The van der Waals surface area contributed by atoms with Crippen LogP contribution in [0.15, 0.2) is 30.3 Å². The highest BCUT2D eigenvalue weighted by atomic mass is 32.1. The van der Waals surface area contributed by atoms with E-state index in [1.54, 1.807) is 11.3 Å². The van der Waals surface area contributed by atoms with E-state index < -0.39 is 0 Å². The van der Waals surface area contributed by atoms with Crippen molar-refractivity contribution in [1.29, 1.82) is 0 Å². The van der Waals surface area contributed by atoms with Gasteiger partial charge in [-0.2, -0.15) is 0 Å². The van der Waals surface area contributed by atoms with Crippen LogP contribution in [0.4, 0.5) is 0 Å². The fourth-order valence-electron chi connectivity index (χ4n) is 6.00. The van der Waals surface area contributed by atoms with Crippen molar-refractivity contribution in [2.75, 3.05) is 26.7 Å². The summed E-state index contributed by atoms with van der Waals surface area (Å²) in [5, 5.41) is 10.4. The molecule has 6 atom stereocenters. The van der Waals surface area contributed by atoms with Crippen LogP contribution in [-0.2, 0) is 0 Å². The number of ether oxygens (including phenoxy) is 1. The molecule has 0 radical (unpaired) electrons. The fourth-order valence-corrected chi connectivity index (χ4v) is 6.75. The number of hydrogen-bond donors (Lipinski definition) is 0. The molecule has 1 aromatic carbocycles. The zero-order chi connectivity index (χ0) is 17.7. The summed E-state index contributed by atoms with van der Waals surface area (Å²) < 4.78 is 7.74. The Balaban J connectivity index is 1.34. The third kappa shape index (κ3) is 2.76. The second-order valence-corrected chi connectivity index (χ2v) is 9.79. The molecule has 0 N–H and O–H groups in total. The van der Waals surface area contributed by atoms with Crippen molar-refractivity contribution in [2.24, 2.45) is 23.7 Å². The number of hydrogen-bond acceptors (Lipinski definition) is 4. The molecule has 1 saturated heterocycles. The number of fused-ring (bicyclic) bond motifs is 1. The zero-order valence-corrected chi connectivity index (χ0v) is 16.5. The van der Waals surface area contributed by atoms with Crippen LogP contribution in [0.25, 0.3) is 10.6 Å². The fraction of sp³-hybridized carbons (Fsp3) is 0.619. The van der Waals surface area contributed by atoms with Gasteiger partial charge in [-0.15, -0.1) is 5.10 Å². The predicted molar refractivity (Wildman–Crippen MR) is 104 cm³/mol. The highest BCUT2D eigenvalue weighted by molar-refractivity contribution is 7.16. The molecule has 2 aromatic rings. The summed E-state index contributed by atoms with van der Waals surface area (Å²) in [6.07, 6.45) is 4.34. The van der Waals surface area contributed by atoms with Crippen LogP contribution in [0.5, 0.6) is 5.19 Å². The largest absolute Gasteiger partial charge is 0.465 e. The summed E-state index contributed by atoms with van der Waals surface area (Å²) in [6.45, 7) is 6.27. The second kappa shape index (κ2) is 6.31. The van der Waals surface area contributed by atoms with Crippen LogP contribution in [-0.4, -0.2) is 47.5 Å². The van der Waals surface area contributed by atoms with Gasteiger partial charge in [0, 0.05) is 23.3 Å². The van der Waals surface area contributed by atoms with Crippen LogP contribution in [0, 0.1) is 23.7 Å². The quantitative estimate of drug-likeness (QED) is 0.744. The standard InChI is InChI=1S/C21H28N3OS/c1-3-9-24(2)12-15-10-18-17(15)11-16(13-24)19(18)25-21-23-22-20(26-21)14-7-5-4-6-8-14/h4-8,15-19H,3,9-13H2,1-2H3/q+1. The van der Waals surface area contributed by atoms with Crippen molar-refractivity contribution >= 4 is 11.3 Å². The van der Waals surface area contributed by atoms with Crippen LogP contribution in [0.1, 0.15) is 26.2 Å². The molecular formula is C21H28N3OS+. The highest BCUT2D eigenvalue weighted by Crippen LogP contribution is 2.57. The summed E-state index contributed by atoms with van der Waals surface area (Å²) in [6, 6.07) is 10.3. The van der Waals surface area contributed by atoms with Crippen LogP contribution < -0.4 is 4.74 Å². The molecule has 6 unspecified atom stereocenters. The van der Waals surface area contributed by atoms with Crippen LogP contribution in [0.3, 0.4) is 0 Å². The lowest BCUT2D eigenvalue weighted by molar-refractivity contribution is -0.917. The molecule has 1 aliphatic heterocycles. The number of benzene rings is 1. The van der Waals surface area contributed by atoms with E-state index >= 15 is 0 Å². The Morgan fingerprint density at radius 3 is 2.65 bits per heavy atom. The van der Waals surface area contributed by atoms with Gasteiger partial charge in [0.05, 0.1) is 26.7 Å². The first-order valence-electron chi connectivity index (χ1n) is 10.0. The molecule has 3 fully saturated rings. The first-order valence-corrected chi connectivity index (χ1v) is 10.9. The predicted octanol–water partition coefficient (Wildman–Crippen LogP) is 4.09. The molecule has 2 saturated carbocycles. The van der Waals surface area contributed by atoms with E-state index in [1.807, 2.05) is 18.2 Å². The molecule has 0 amide bonds. The van der Waals surface area contributed by atoms with Gasteiger partial charge in [0.1, 0.15) is 6.10 Å². The van der Waals surface area contributed by atoms with E-state index in [0.29, 0.717) is 12.0 Å². The third-order valence-electron chi connectivity index (χ3n) is 6.97. The first kappa shape index (κ1) is 16.7. The average Bonchev–Trinajstić information content (AvgIpc) is 3.15. The minimum absolute atomic E-state index is 0.349. The lowest BCUT2D eigenvalue weighted by Crippen LogP contribution is -2.57. The Kier molecular flexibility index (Phi) is 4.05. The molecule has 2 bridgehead atoms. The Bertz CT molecular complexity index is 779. The second-order valence-electron chi connectivity index (χ2n) is 8.85. The van der Waals surface area contributed by atoms with Crippen molar-refractivity contribution in [2.45, 2.75) is 32.3 Å². The average molecular weight is 371 g/mol. The van der Waals surface area contributed by atoms with Gasteiger partial charge in [-0.25, -0.2) is 0 Å². The summed E-state index contributed by atoms with van der Waals surface area (Å²) in [7, 11) is 2.47. The molecule has 4 nitrogen and oxygen atoms in total. The molecule has 2 heterocycles. The lowest BCUT2D eigenvalue weighted by atomic mass is 9.65. The van der Waals surface area contributed by atoms with Gasteiger partial charge < -0.3 is 9.22 Å². The number of likely N-dealkylation sites (tertiary alicyclic amines) is 1. The minimum Gasteiger partial charge on any atom is -0.465 e. The number of rotatable bonds is 5. The number of nitrogens with zero attached hydrogens (tertiary/aromatic N) is 3. The number of aromatic nitrogens is 2. The van der Waals surface area contributed by atoms with E-state index in [4.69, 9.17) is 4.74 Å². The molecule has 1 aromatic heterocycles. The topological polar surface area (TPSA) is 35.0 Å². The van der Waals surface area contributed by atoms with Gasteiger partial charge in [0.2, 0.25) is 0 Å². The summed E-state index contributed by atoms with van der Waals surface area (Å²) in [5.74, 6) is 3.25. The van der Waals surface area contributed by atoms with E-state index in [2.05, 4.69) is 36.3 Å². The van der Waals surface area contributed by atoms with Crippen molar-refractivity contribution < 1.29 is 9.22 Å². The third-order valence-corrected chi connectivity index (χ3v) is 7.83. The van der Waals surface area contributed by atoms with Gasteiger partial charge in [-0.1, -0.05) is 53.7 Å². The maximum Gasteiger partial charge on any atom is 0.294 e. The van der Waals surface area contributed by atoms with Crippen LogP contribution >= 0.6 is 11.3 Å². The molecule has 0 spiro atoms. The summed E-state index contributed by atoms with van der Waals surface area (Å²) >= 11 is 1.59. The van der Waals surface area contributed by atoms with E-state index in [0.717, 1.165) is 33.5 Å². The van der Waals surface area contributed by atoms with Gasteiger partial charge in [-0.3, -0.25) is 0 Å². The molecule has 138 valence electrons. The Morgan fingerprint density at radius 2 is 1.85 bits per heavy atom. The van der Waals surface area contributed by atoms with Crippen molar-refractivity contribution in [1.82, 2.24) is 10.2 Å². The summed E-state index contributed by atoms with van der Waals surface area (Å²) in [4.78, 5) is 0. The van der Waals surface area contributed by atoms with Crippen molar-refractivity contribution in [3.05, 3.63) is 30.3 Å². The van der Waals surface area contributed by atoms with Crippen LogP contribution in [0.2, 0.25) is 0 Å². The molecule has 5 rings (SSSR count). The first-order chi connectivity index (χ1) is 12.6. The van der Waals surface area contributed by atoms with Gasteiger partial charge in [-0.05, 0) is 25.2 Å². The summed E-state index contributed by atoms with van der Waals surface area (Å²) in [5.41, 5.74) is 1.12. The molecular weight excluding hydrogens is 342 g/mol. The van der Waals surface area contributed by atoms with E-state index in [9.17, 15) is 0 Å². The van der Waals surface area contributed by atoms with Gasteiger partial charge in [0.15, 0.2) is 5.01 Å². The highest BCUT2D eigenvalue weighted by Gasteiger charge is 2.60. The minimum atomic E-state index is 0.349. The SMILES string of the molecule is CCC[N+]1(C)CC2CC3C2CC(C1)C3Oc1nnc(-c2ccccc2)s1. The van der Waals surface area contributed by atoms with Gasteiger partial charge in [0.25, 0.3) is 5.19 Å². The van der Waals surface area contributed by atoms with Crippen molar-refractivity contribution in [3.63, 3.8) is 0 Å². The van der Waals surface area contributed by atoms with E-state index in [-0.39, 0.29) is 0 Å². The van der Waals surface area contributed by atoms with E-state index in [1.165, 1.54) is 43.4 Å². The lowest BCUT2D eigenvalue weighted by Gasteiger charge is -2.48. The smallest absolute Gasteiger partial charge is 0.294 e. The molecule has 3 aliphatic rings. The molecule has 2 aliphatic carbocycles.